The van der Waals surface area contributed by atoms with Crippen molar-refractivity contribution in [2.45, 2.75) is 44.6 Å². The average molecular weight is 359 g/mol. The lowest BCUT2D eigenvalue weighted by atomic mass is 10.1. The summed E-state index contributed by atoms with van der Waals surface area (Å²) in [7, 11) is -3.35. The van der Waals surface area contributed by atoms with E-state index in [9.17, 15) is 8.42 Å². The highest BCUT2D eigenvalue weighted by Crippen LogP contribution is 2.22. The van der Waals surface area contributed by atoms with Gasteiger partial charge in [0, 0.05) is 6.04 Å². The van der Waals surface area contributed by atoms with Crippen LogP contribution in [0.15, 0.2) is 48.7 Å². The number of nitrogens with one attached hydrogen (secondary N) is 2. The van der Waals surface area contributed by atoms with Crippen molar-refractivity contribution >= 4 is 21.5 Å². The number of nitrogens with zero attached hydrogens (tertiary/aromatic N) is 1. The number of aromatic nitrogens is 1. The van der Waals surface area contributed by atoms with Gasteiger partial charge in [0.1, 0.15) is 5.82 Å². The minimum absolute atomic E-state index is 0.101. The molecule has 1 aromatic heterocycles. The summed E-state index contributed by atoms with van der Waals surface area (Å²) in [6, 6.07) is 14.0. The van der Waals surface area contributed by atoms with Gasteiger partial charge in [-0.05, 0) is 43.4 Å². The molecule has 1 fully saturated rings. The number of aryl methyl sites for hydroxylation is 1. The van der Waals surface area contributed by atoms with Gasteiger partial charge in [0.15, 0.2) is 0 Å². The molecular formula is C19H25N3O2S. The second-order valence-electron chi connectivity index (χ2n) is 6.57. The first-order valence-electron chi connectivity index (χ1n) is 8.88. The molecule has 0 spiro atoms. The quantitative estimate of drug-likeness (QED) is 0.752. The van der Waals surface area contributed by atoms with E-state index >= 15 is 0 Å². The van der Waals surface area contributed by atoms with E-state index in [0.717, 1.165) is 17.8 Å². The summed E-state index contributed by atoms with van der Waals surface area (Å²) in [5.41, 5.74) is 1.67. The van der Waals surface area contributed by atoms with Crippen LogP contribution < -0.4 is 10.0 Å². The van der Waals surface area contributed by atoms with Crippen molar-refractivity contribution < 1.29 is 8.42 Å². The van der Waals surface area contributed by atoms with E-state index in [1.807, 2.05) is 36.4 Å². The van der Waals surface area contributed by atoms with E-state index in [1.54, 1.807) is 12.3 Å². The van der Waals surface area contributed by atoms with Gasteiger partial charge >= 0.3 is 0 Å². The Morgan fingerprint density at radius 2 is 1.80 bits per heavy atom. The fourth-order valence-corrected chi connectivity index (χ4v) is 4.27. The van der Waals surface area contributed by atoms with Crippen LogP contribution >= 0.6 is 0 Å². The lowest BCUT2D eigenvalue weighted by Gasteiger charge is -2.13. The number of pyridine rings is 1. The van der Waals surface area contributed by atoms with E-state index < -0.39 is 10.0 Å². The molecule has 1 aliphatic rings. The first kappa shape index (κ1) is 17.7. The van der Waals surface area contributed by atoms with Crippen molar-refractivity contribution in [2.24, 2.45) is 0 Å². The Morgan fingerprint density at radius 3 is 2.48 bits per heavy atom. The van der Waals surface area contributed by atoms with Crippen molar-refractivity contribution in [3.63, 3.8) is 0 Å². The molecule has 3 rings (SSSR count). The maximum Gasteiger partial charge on any atom is 0.232 e. The maximum absolute atomic E-state index is 12.2. The zero-order valence-electron chi connectivity index (χ0n) is 14.3. The molecule has 25 heavy (non-hydrogen) atoms. The number of rotatable bonds is 8. The van der Waals surface area contributed by atoms with Crippen LogP contribution in [0.3, 0.4) is 0 Å². The molecule has 2 N–H and O–H groups in total. The van der Waals surface area contributed by atoms with Gasteiger partial charge in [-0.25, -0.2) is 13.4 Å². The number of hydrogen-bond acceptors (Lipinski definition) is 4. The Morgan fingerprint density at radius 1 is 1.04 bits per heavy atom. The van der Waals surface area contributed by atoms with E-state index in [0.29, 0.717) is 18.2 Å². The topological polar surface area (TPSA) is 71.1 Å². The van der Waals surface area contributed by atoms with Crippen LogP contribution in [0.25, 0.3) is 0 Å². The summed E-state index contributed by atoms with van der Waals surface area (Å²) < 4.78 is 27.0. The number of sulfonamides is 1. The molecular weight excluding hydrogens is 334 g/mol. The monoisotopic (exact) mass is 359 g/mol. The van der Waals surface area contributed by atoms with E-state index in [2.05, 4.69) is 15.0 Å². The number of anilines is 2. The second kappa shape index (κ2) is 8.34. The minimum atomic E-state index is -3.35. The Balaban J connectivity index is 1.48. The Labute approximate surface area is 149 Å². The summed E-state index contributed by atoms with van der Waals surface area (Å²) >= 11 is 0. The summed E-state index contributed by atoms with van der Waals surface area (Å²) in [5.74, 6) is 0.906. The van der Waals surface area contributed by atoms with Crippen molar-refractivity contribution in [2.75, 3.05) is 15.8 Å². The first-order valence-corrected chi connectivity index (χ1v) is 10.5. The van der Waals surface area contributed by atoms with Gasteiger partial charge in [0.2, 0.25) is 10.0 Å². The maximum atomic E-state index is 12.2. The predicted octanol–water partition coefficient (Wildman–Crippen LogP) is 3.81. The van der Waals surface area contributed by atoms with Gasteiger partial charge in [0.25, 0.3) is 0 Å². The van der Waals surface area contributed by atoms with Crippen LogP contribution in [0, 0.1) is 0 Å². The highest BCUT2D eigenvalue weighted by atomic mass is 32.2. The Hall–Kier alpha value is -2.08. The summed E-state index contributed by atoms with van der Waals surface area (Å²) in [6.07, 6.45) is 7.80. The molecule has 0 saturated heterocycles. The summed E-state index contributed by atoms with van der Waals surface area (Å²) in [4.78, 5) is 4.32. The van der Waals surface area contributed by atoms with Crippen LogP contribution in [0.5, 0.6) is 0 Å². The zero-order chi connectivity index (χ0) is 17.5. The Bertz CT molecular complexity index is 755. The molecule has 0 atom stereocenters. The largest absolute Gasteiger partial charge is 0.367 e. The van der Waals surface area contributed by atoms with Crippen molar-refractivity contribution in [1.82, 2.24) is 4.98 Å². The van der Waals surface area contributed by atoms with Gasteiger partial charge in [-0.2, -0.15) is 0 Å². The molecule has 6 heteroatoms. The first-order chi connectivity index (χ1) is 12.1. The number of benzene rings is 1. The van der Waals surface area contributed by atoms with Crippen LogP contribution in [-0.2, 0) is 16.4 Å². The van der Waals surface area contributed by atoms with E-state index in [4.69, 9.17) is 0 Å². The second-order valence-corrected chi connectivity index (χ2v) is 8.41. The van der Waals surface area contributed by atoms with Gasteiger partial charge in [-0.3, -0.25) is 4.72 Å². The molecule has 5 nitrogen and oxygen atoms in total. The predicted molar refractivity (Wildman–Crippen MR) is 102 cm³/mol. The average Bonchev–Trinajstić information content (AvgIpc) is 3.10. The molecule has 1 saturated carbocycles. The van der Waals surface area contributed by atoms with Crippen LogP contribution in [-0.4, -0.2) is 25.2 Å². The lowest BCUT2D eigenvalue weighted by Crippen LogP contribution is -2.18. The van der Waals surface area contributed by atoms with Crippen LogP contribution in [0.4, 0.5) is 11.5 Å². The number of hydrogen-bond donors (Lipinski definition) is 2. The zero-order valence-corrected chi connectivity index (χ0v) is 15.1. The third kappa shape index (κ3) is 5.74. The highest BCUT2D eigenvalue weighted by molar-refractivity contribution is 7.92. The molecule has 0 aliphatic heterocycles. The summed E-state index contributed by atoms with van der Waals surface area (Å²) in [5, 5.41) is 3.40. The van der Waals surface area contributed by atoms with Crippen molar-refractivity contribution in [1.29, 1.82) is 0 Å². The molecule has 0 unspecified atom stereocenters. The standard InChI is InChI=1S/C19H25N3O2S/c23-25(24,14-6-9-16-7-2-1-3-8-16)22-18-12-13-19(20-15-18)21-17-10-4-5-11-17/h1-3,7-8,12-13,15,17,22H,4-6,9-11,14H2,(H,20,21). The third-order valence-corrected chi connectivity index (χ3v) is 5.84. The van der Waals surface area contributed by atoms with Gasteiger partial charge < -0.3 is 5.32 Å². The van der Waals surface area contributed by atoms with Crippen LogP contribution in [0.1, 0.15) is 37.7 Å². The molecule has 0 radical (unpaired) electrons. The normalized spacial score (nSPS) is 15.2. The molecule has 1 heterocycles. The van der Waals surface area contributed by atoms with Crippen LogP contribution in [0.2, 0.25) is 0 Å². The smallest absolute Gasteiger partial charge is 0.232 e. The van der Waals surface area contributed by atoms with Crippen molar-refractivity contribution in [3.8, 4) is 0 Å². The molecule has 134 valence electrons. The molecule has 0 bridgehead atoms. The highest BCUT2D eigenvalue weighted by Gasteiger charge is 2.15. The fraction of sp³-hybridized carbons (Fsp3) is 0.421. The third-order valence-electron chi connectivity index (χ3n) is 4.47. The molecule has 1 aliphatic carbocycles. The molecule has 1 aromatic carbocycles. The minimum Gasteiger partial charge on any atom is -0.367 e. The van der Waals surface area contributed by atoms with Gasteiger partial charge in [-0.15, -0.1) is 0 Å². The SMILES string of the molecule is O=S(=O)(CCCc1ccccc1)Nc1ccc(NC2CCCC2)nc1. The van der Waals surface area contributed by atoms with E-state index in [-0.39, 0.29) is 5.75 Å². The van der Waals surface area contributed by atoms with E-state index in [1.165, 1.54) is 25.7 Å². The van der Waals surface area contributed by atoms with Crippen molar-refractivity contribution in [3.05, 3.63) is 54.2 Å². The summed E-state index contributed by atoms with van der Waals surface area (Å²) in [6.45, 7) is 0. The van der Waals surface area contributed by atoms with Gasteiger partial charge in [0.05, 0.1) is 17.6 Å². The molecule has 0 amide bonds. The Kier molecular flexibility index (Phi) is 5.91. The fourth-order valence-electron chi connectivity index (χ4n) is 3.16. The lowest BCUT2D eigenvalue weighted by molar-refractivity contribution is 0.598. The molecule has 2 aromatic rings. The van der Waals surface area contributed by atoms with Gasteiger partial charge in [-0.1, -0.05) is 43.2 Å².